The van der Waals surface area contributed by atoms with Crippen molar-refractivity contribution in [1.29, 1.82) is 0 Å². The van der Waals surface area contributed by atoms with Gasteiger partial charge in [0.2, 0.25) is 5.91 Å². The maximum atomic E-state index is 11.5. The zero-order valence-corrected chi connectivity index (χ0v) is 12.9. The average Bonchev–Trinajstić information content (AvgIpc) is 2.81. The number of likely N-dealkylation sites (N-methyl/N-ethyl adjacent to an activating group) is 1. The number of rotatable bonds is 7. The molecular weight excluding hydrogens is 268 g/mol. The summed E-state index contributed by atoms with van der Waals surface area (Å²) in [5, 5.41) is 6.22. The first-order chi connectivity index (χ1) is 10.1. The second-order valence-electron chi connectivity index (χ2n) is 5.44. The molecular formula is C16H24N2O3. The minimum atomic E-state index is 0.00891. The van der Waals surface area contributed by atoms with Crippen molar-refractivity contribution < 1.29 is 14.3 Å². The molecule has 1 aromatic rings. The van der Waals surface area contributed by atoms with Crippen LogP contribution in [-0.4, -0.2) is 31.7 Å². The van der Waals surface area contributed by atoms with Gasteiger partial charge < -0.3 is 20.1 Å². The number of hydrogen-bond donors (Lipinski definition) is 2. The van der Waals surface area contributed by atoms with Gasteiger partial charge in [-0.2, -0.15) is 0 Å². The Morgan fingerprint density at radius 1 is 1.48 bits per heavy atom. The highest BCUT2D eigenvalue weighted by atomic mass is 16.5. The molecule has 0 spiro atoms. The smallest absolute Gasteiger partial charge is 0.223 e. The van der Waals surface area contributed by atoms with Crippen molar-refractivity contribution in [3.05, 3.63) is 23.8 Å². The molecule has 21 heavy (non-hydrogen) atoms. The Morgan fingerprint density at radius 3 is 3.00 bits per heavy atom. The van der Waals surface area contributed by atoms with Crippen molar-refractivity contribution in [2.45, 2.75) is 39.3 Å². The van der Waals surface area contributed by atoms with E-state index in [-0.39, 0.29) is 18.0 Å². The summed E-state index contributed by atoms with van der Waals surface area (Å²) >= 11 is 0. The summed E-state index contributed by atoms with van der Waals surface area (Å²) in [6, 6.07) is 6.27. The third-order valence-electron chi connectivity index (χ3n) is 3.26. The Morgan fingerprint density at radius 2 is 2.29 bits per heavy atom. The summed E-state index contributed by atoms with van der Waals surface area (Å²) in [5.41, 5.74) is 1.17. The molecule has 2 rings (SSSR count). The lowest BCUT2D eigenvalue weighted by molar-refractivity contribution is -0.122. The fraction of sp³-hybridized carbons (Fsp3) is 0.562. The number of ether oxygens (including phenoxy) is 2. The molecule has 1 aliphatic rings. The summed E-state index contributed by atoms with van der Waals surface area (Å²) in [5.74, 6) is 1.61. The SMILES string of the molecule is CCNC1COc2cc(OCCC(=O)NC(C)C)ccc21. The quantitative estimate of drug-likeness (QED) is 0.807. The molecule has 5 nitrogen and oxygen atoms in total. The van der Waals surface area contributed by atoms with E-state index >= 15 is 0 Å². The number of amides is 1. The van der Waals surface area contributed by atoms with E-state index in [1.165, 1.54) is 5.56 Å². The molecule has 0 fully saturated rings. The lowest BCUT2D eigenvalue weighted by Crippen LogP contribution is -2.31. The van der Waals surface area contributed by atoms with Gasteiger partial charge in [-0.1, -0.05) is 6.92 Å². The van der Waals surface area contributed by atoms with Gasteiger partial charge >= 0.3 is 0 Å². The fourth-order valence-corrected chi connectivity index (χ4v) is 2.35. The van der Waals surface area contributed by atoms with E-state index < -0.39 is 0 Å². The second kappa shape index (κ2) is 7.31. The topological polar surface area (TPSA) is 59.6 Å². The minimum absolute atomic E-state index is 0.00891. The third-order valence-corrected chi connectivity index (χ3v) is 3.26. The number of nitrogens with one attached hydrogen (secondary N) is 2. The van der Waals surface area contributed by atoms with Crippen molar-refractivity contribution in [2.75, 3.05) is 19.8 Å². The van der Waals surface area contributed by atoms with Gasteiger partial charge in [0.25, 0.3) is 0 Å². The van der Waals surface area contributed by atoms with Crippen LogP contribution >= 0.6 is 0 Å². The van der Waals surface area contributed by atoms with Crippen LogP contribution in [0.4, 0.5) is 0 Å². The normalized spacial score (nSPS) is 16.5. The first-order valence-electron chi connectivity index (χ1n) is 7.52. The van der Waals surface area contributed by atoms with Crippen LogP contribution in [0.3, 0.4) is 0 Å². The van der Waals surface area contributed by atoms with E-state index in [2.05, 4.69) is 17.6 Å². The van der Waals surface area contributed by atoms with E-state index in [1.54, 1.807) is 0 Å². The minimum Gasteiger partial charge on any atom is -0.493 e. The molecule has 1 aromatic carbocycles. The molecule has 0 radical (unpaired) electrons. The largest absolute Gasteiger partial charge is 0.493 e. The summed E-state index contributed by atoms with van der Waals surface area (Å²) in [6.45, 7) is 7.90. The average molecular weight is 292 g/mol. The van der Waals surface area contributed by atoms with Crippen LogP contribution in [0.15, 0.2) is 18.2 Å². The van der Waals surface area contributed by atoms with Crippen LogP contribution in [0.1, 0.15) is 38.8 Å². The Kier molecular flexibility index (Phi) is 5.44. The van der Waals surface area contributed by atoms with Crippen molar-refractivity contribution in [2.24, 2.45) is 0 Å². The summed E-state index contributed by atoms with van der Waals surface area (Å²) in [4.78, 5) is 11.5. The van der Waals surface area contributed by atoms with Gasteiger partial charge in [-0.25, -0.2) is 0 Å². The van der Waals surface area contributed by atoms with E-state index in [4.69, 9.17) is 9.47 Å². The maximum absolute atomic E-state index is 11.5. The lowest BCUT2D eigenvalue weighted by Gasteiger charge is -2.11. The third kappa shape index (κ3) is 4.36. The number of hydrogen-bond acceptors (Lipinski definition) is 4. The first kappa shape index (κ1) is 15.6. The highest BCUT2D eigenvalue weighted by Crippen LogP contribution is 2.35. The molecule has 0 saturated carbocycles. The molecule has 5 heteroatoms. The summed E-state index contributed by atoms with van der Waals surface area (Å²) < 4.78 is 11.3. The van der Waals surface area contributed by atoms with E-state index in [1.807, 2.05) is 32.0 Å². The van der Waals surface area contributed by atoms with Crippen molar-refractivity contribution >= 4 is 5.91 Å². The number of benzene rings is 1. The Balaban J connectivity index is 1.85. The van der Waals surface area contributed by atoms with Gasteiger partial charge in [-0.3, -0.25) is 4.79 Å². The van der Waals surface area contributed by atoms with Crippen LogP contribution in [0.2, 0.25) is 0 Å². The van der Waals surface area contributed by atoms with Crippen molar-refractivity contribution in [1.82, 2.24) is 10.6 Å². The Hall–Kier alpha value is -1.75. The van der Waals surface area contributed by atoms with Gasteiger partial charge in [0.05, 0.1) is 19.1 Å². The standard InChI is InChI=1S/C16H24N2O3/c1-4-17-14-10-21-15-9-12(5-6-13(14)15)20-8-7-16(19)18-11(2)3/h5-6,9,11,14,17H,4,7-8,10H2,1-3H3,(H,18,19). The molecule has 1 amide bonds. The predicted molar refractivity (Wildman–Crippen MR) is 81.7 cm³/mol. The highest BCUT2D eigenvalue weighted by Gasteiger charge is 2.23. The number of fused-ring (bicyclic) bond motifs is 1. The molecule has 1 atom stereocenters. The van der Waals surface area contributed by atoms with Crippen LogP contribution in [0.5, 0.6) is 11.5 Å². The molecule has 116 valence electrons. The zero-order chi connectivity index (χ0) is 15.2. The van der Waals surface area contributed by atoms with Crippen LogP contribution in [0, 0.1) is 0 Å². The zero-order valence-electron chi connectivity index (χ0n) is 12.9. The summed E-state index contributed by atoms with van der Waals surface area (Å²) in [6.07, 6.45) is 0.357. The maximum Gasteiger partial charge on any atom is 0.223 e. The fourth-order valence-electron chi connectivity index (χ4n) is 2.35. The molecule has 1 heterocycles. The Labute approximate surface area is 126 Å². The molecule has 0 aromatic heterocycles. The molecule has 1 aliphatic heterocycles. The van der Waals surface area contributed by atoms with Gasteiger partial charge in [-0.05, 0) is 32.5 Å². The van der Waals surface area contributed by atoms with Gasteiger partial charge in [0.1, 0.15) is 18.1 Å². The van der Waals surface area contributed by atoms with Crippen LogP contribution < -0.4 is 20.1 Å². The van der Waals surface area contributed by atoms with E-state index in [9.17, 15) is 4.79 Å². The first-order valence-corrected chi connectivity index (χ1v) is 7.52. The predicted octanol–water partition coefficient (Wildman–Crippen LogP) is 2.02. The molecule has 0 aliphatic carbocycles. The highest BCUT2D eigenvalue weighted by molar-refractivity contribution is 5.76. The van der Waals surface area contributed by atoms with Crippen molar-refractivity contribution in [3.8, 4) is 11.5 Å². The van der Waals surface area contributed by atoms with Crippen LogP contribution in [-0.2, 0) is 4.79 Å². The molecule has 2 N–H and O–H groups in total. The summed E-state index contributed by atoms with van der Waals surface area (Å²) in [7, 11) is 0. The monoisotopic (exact) mass is 292 g/mol. The van der Waals surface area contributed by atoms with Gasteiger partial charge in [0.15, 0.2) is 0 Å². The van der Waals surface area contributed by atoms with E-state index in [0.29, 0.717) is 19.6 Å². The Bertz CT molecular complexity index is 488. The molecule has 0 saturated heterocycles. The van der Waals surface area contributed by atoms with E-state index in [0.717, 1.165) is 18.0 Å². The molecule has 1 unspecified atom stereocenters. The van der Waals surface area contributed by atoms with Crippen molar-refractivity contribution in [3.63, 3.8) is 0 Å². The molecule has 0 bridgehead atoms. The second-order valence-corrected chi connectivity index (χ2v) is 5.44. The lowest BCUT2D eigenvalue weighted by atomic mass is 10.1. The van der Waals surface area contributed by atoms with Gasteiger partial charge in [0, 0.05) is 17.7 Å². The number of carbonyl (C=O) groups excluding carboxylic acids is 1. The van der Waals surface area contributed by atoms with Gasteiger partial charge in [-0.15, -0.1) is 0 Å². The van der Waals surface area contributed by atoms with Crippen LogP contribution in [0.25, 0.3) is 0 Å². The number of carbonyl (C=O) groups is 1.